The number of carbonyl (C=O) groups excluding carboxylic acids is 1. The van der Waals surface area contributed by atoms with Gasteiger partial charge in [0.1, 0.15) is 18.2 Å². The fourth-order valence-electron chi connectivity index (χ4n) is 1.57. The summed E-state index contributed by atoms with van der Waals surface area (Å²) >= 11 is 3.10. The van der Waals surface area contributed by atoms with Gasteiger partial charge >= 0.3 is 5.97 Å². The van der Waals surface area contributed by atoms with Gasteiger partial charge in [0.2, 0.25) is 0 Å². The smallest absolute Gasteiger partial charge is 0.344 e. The van der Waals surface area contributed by atoms with Crippen LogP contribution in [0.2, 0.25) is 0 Å². The van der Waals surface area contributed by atoms with Crippen LogP contribution in [-0.2, 0) is 16.1 Å². The molecule has 2 aromatic rings. The summed E-state index contributed by atoms with van der Waals surface area (Å²) in [5, 5.41) is 0. The number of halogens is 2. The molecule has 21 heavy (non-hydrogen) atoms. The highest BCUT2D eigenvalue weighted by molar-refractivity contribution is 9.10. The molecule has 0 aromatic heterocycles. The second kappa shape index (κ2) is 7.08. The Morgan fingerprint density at radius 1 is 1.19 bits per heavy atom. The van der Waals surface area contributed by atoms with Crippen molar-refractivity contribution in [3.05, 3.63) is 58.3 Å². The molecule has 2 rings (SSSR count). The molecular formula is C15H13BrFNO3. The van der Waals surface area contributed by atoms with Gasteiger partial charge in [-0.1, -0.05) is 12.1 Å². The number of nitrogens with two attached hydrogens (primary N) is 1. The maximum atomic E-state index is 13.3. The molecule has 0 atom stereocenters. The molecule has 0 radical (unpaired) electrons. The fraction of sp³-hybridized carbons (Fsp3) is 0.133. The van der Waals surface area contributed by atoms with E-state index in [1.807, 2.05) is 0 Å². The van der Waals surface area contributed by atoms with Crippen LogP contribution in [0.5, 0.6) is 5.75 Å². The summed E-state index contributed by atoms with van der Waals surface area (Å²) in [5.41, 5.74) is 6.70. The van der Waals surface area contributed by atoms with Crippen LogP contribution in [-0.4, -0.2) is 12.6 Å². The minimum absolute atomic E-state index is 0.0255. The molecule has 2 N–H and O–H groups in total. The highest BCUT2D eigenvalue weighted by Gasteiger charge is 2.09. The number of esters is 1. The third kappa shape index (κ3) is 4.46. The van der Waals surface area contributed by atoms with Crippen molar-refractivity contribution >= 4 is 27.6 Å². The van der Waals surface area contributed by atoms with Crippen LogP contribution in [0.15, 0.2) is 46.9 Å². The summed E-state index contributed by atoms with van der Waals surface area (Å²) in [5.74, 6) is -0.419. The van der Waals surface area contributed by atoms with Crippen molar-refractivity contribution in [2.24, 2.45) is 0 Å². The molecule has 0 aliphatic rings. The van der Waals surface area contributed by atoms with Crippen LogP contribution in [0.3, 0.4) is 0 Å². The quantitative estimate of drug-likeness (QED) is 0.661. The fourth-order valence-corrected chi connectivity index (χ4v) is 1.94. The maximum absolute atomic E-state index is 13.3. The lowest BCUT2D eigenvalue weighted by molar-refractivity contribution is -0.147. The molecular weight excluding hydrogens is 341 g/mol. The van der Waals surface area contributed by atoms with Gasteiger partial charge in [0.25, 0.3) is 0 Å². The van der Waals surface area contributed by atoms with E-state index in [1.165, 1.54) is 6.07 Å². The predicted molar refractivity (Wildman–Crippen MR) is 80.2 cm³/mol. The number of anilines is 1. The van der Waals surface area contributed by atoms with E-state index in [2.05, 4.69) is 15.9 Å². The molecule has 0 amide bonds. The Morgan fingerprint density at radius 3 is 2.62 bits per heavy atom. The molecule has 0 aliphatic carbocycles. The number of benzene rings is 2. The van der Waals surface area contributed by atoms with Gasteiger partial charge in [-0.3, -0.25) is 0 Å². The first-order valence-corrected chi connectivity index (χ1v) is 6.92. The van der Waals surface area contributed by atoms with Crippen LogP contribution in [0.25, 0.3) is 0 Å². The molecule has 0 aliphatic heterocycles. The highest BCUT2D eigenvalue weighted by Crippen LogP contribution is 2.21. The third-order valence-electron chi connectivity index (χ3n) is 2.66. The van der Waals surface area contributed by atoms with Gasteiger partial charge in [-0.2, -0.15) is 0 Å². The number of rotatable bonds is 5. The Bertz CT molecular complexity index is 631. The van der Waals surface area contributed by atoms with Gasteiger partial charge in [-0.05, 0) is 46.3 Å². The average Bonchev–Trinajstić information content (AvgIpc) is 2.48. The third-order valence-corrected chi connectivity index (χ3v) is 3.55. The molecule has 0 fully saturated rings. The average molecular weight is 354 g/mol. The van der Waals surface area contributed by atoms with E-state index in [0.717, 1.165) is 0 Å². The highest BCUT2D eigenvalue weighted by atomic mass is 79.9. The first-order valence-electron chi connectivity index (χ1n) is 6.13. The monoisotopic (exact) mass is 353 g/mol. The molecule has 4 nitrogen and oxygen atoms in total. The lowest BCUT2D eigenvalue weighted by Crippen LogP contribution is -2.15. The van der Waals surface area contributed by atoms with E-state index in [1.54, 1.807) is 36.4 Å². The second-order valence-corrected chi connectivity index (χ2v) is 5.02. The van der Waals surface area contributed by atoms with Crippen molar-refractivity contribution in [3.63, 3.8) is 0 Å². The lowest BCUT2D eigenvalue weighted by Gasteiger charge is -2.08. The molecule has 0 unspecified atom stereocenters. The van der Waals surface area contributed by atoms with Crippen molar-refractivity contribution < 1.29 is 18.7 Å². The molecule has 0 heterocycles. The topological polar surface area (TPSA) is 61.5 Å². The van der Waals surface area contributed by atoms with Crippen molar-refractivity contribution in [1.29, 1.82) is 0 Å². The van der Waals surface area contributed by atoms with Gasteiger partial charge < -0.3 is 15.2 Å². The Hall–Kier alpha value is -2.08. The van der Waals surface area contributed by atoms with E-state index in [4.69, 9.17) is 15.2 Å². The zero-order valence-electron chi connectivity index (χ0n) is 11.0. The van der Waals surface area contributed by atoms with Crippen molar-refractivity contribution in [1.82, 2.24) is 0 Å². The molecule has 0 bridgehead atoms. The number of nitrogen functional groups attached to an aromatic ring is 1. The van der Waals surface area contributed by atoms with E-state index in [-0.39, 0.29) is 17.7 Å². The molecule has 110 valence electrons. The van der Waals surface area contributed by atoms with Crippen LogP contribution in [0.1, 0.15) is 5.56 Å². The first-order chi connectivity index (χ1) is 10.1. The molecule has 0 spiro atoms. The Balaban J connectivity index is 1.82. The van der Waals surface area contributed by atoms with E-state index in [0.29, 0.717) is 17.0 Å². The molecule has 0 saturated heterocycles. The summed E-state index contributed by atoms with van der Waals surface area (Å²) < 4.78 is 23.8. The minimum atomic E-state index is -0.539. The summed E-state index contributed by atoms with van der Waals surface area (Å²) in [4.78, 5) is 11.6. The maximum Gasteiger partial charge on any atom is 0.344 e. The van der Waals surface area contributed by atoms with Crippen LogP contribution < -0.4 is 10.5 Å². The predicted octanol–water partition coefficient (Wildman–Crippen LogP) is 3.29. The van der Waals surface area contributed by atoms with Gasteiger partial charge in [-0.25, -0.2) is 9.18 Å². The Morgan fingerprint density at radius 2 is 1.90 bits per heavy atom. The van der Waals surface area contributed by atoms with Crippen molar-refractivity contribution in [2.75, 3.05) is 12.3 Å². The number of hydrogen-bond acceptors (Lipinski definition) is 4. The Kier molecular flexibility index (Phi) is 5.16. The second-order valence-electron chi connectivity index (χ2n) is 4.23. The zero-order chi connectivity index (χ0) is 15.2. The lowest BCUT2D eigenvalue weighted by atomic mass is 10.2. The summed E-state index contributed by atoms with van der Waals surface area (Å²) in [6.07, 6.45) is 0. The summed E-state index contributed by atoms with van der Waals surface area (Å²) in [6, 6.07) is 11.2. The standard InChI is InChI=1S/C15H13BrFNO3/c16-15-10(2-1-3-13(15)17)8-21-14(19)9-20-12-6-4-11(18)5-7-12/h1-7H,8-9,18H2. The molecule has 0 saturated carbocycles. The number of carbonyl (C=O) groups is 1. The van der Waals surface area contributed by atoms with Gasteiger partial charge in [0.15, 0.2) is 6.61 Å². The van der Waals surface area contributed by atoms with Gasteiger partial charge in [0.05, 0.1) is 4.47 Å². The van der Waals surface area contributed by atoms with E-state index < -0.39 is 11.8 Å². The van der Waals surface area contributed by atoms with Crippen molar-refractivity contribution in [2.45, 2.75) is 6.61 Å². The largest absolute Gasteiger partial charge is 0.482 e. The van der Waals surface area contributed by atoms with E-state index in [9.17, 15) is 9.18 Å². The number of hydrogen-bond donors (Lipinski definition) is 1. The van der Waals surface area contributed by atoms with Crippen LogP contribution in [0.4, 0.5) is 10.1 Å². The number of ether oxygens (including phenoxy) is 2. The van der Waals surface area contributed by atoms with Gasteiger partial charge in [-0.15, -0.1) is 0 Å². The SMILES string of the molecule is Nc1ccc(OCC(=O)OCc2cccc(F)c2Br)cc1. The molecule has 6 heteroatoms. The van der Waals surface area contributed by atoms with Gasteiger partial charge in [0, 0.05) is 11.3 Å². The zero-order valence-corrected chi connectivity index (χ0v) is 12.6. The normalized spacial score (nSPS) is 10.2. The Labute approximate surface area is 129 Å². The van der Waals surface area contributed by atoms with E-state index >= 15 is 0 Å². The minimum Gasteiger partial charge on any atom is -0.482 e. The molecule has 2 aromatic carbocycles. The van der Waals surface area contributed by atoms with Crippen LogP contribution >= 0.6 is 15.9 Å². The first kappa shape index (κ1) is 15.3. The summed E-state index contributed by atoms with van der Waals surface area (Å²) in [7, 11) is 0. The van der Waals surface area contributed by atoms with Crippen LogP contribution in [0, 0.1) is 5.82 Å². The summed E-state index contributed by atoms with van der Waals surface area (Å²) in [6.45, 7) is -0.251. The van der Waals surface area contributed by atoms with Crippen molar-refractivity contribution in [3.8, 4) is 5.75 Å².